The van der Waals surface area contributed by atoms with Gasteiger partial charge in [0, 0.05) is 11.9 Å². The van der Waals surface area contributed by atoms with Gasteiger partial charge in [0.05, 0.1) is 22.1 Å². The van der Waals surface area contributed by atoms with E-state index in [4.69, 9.17) is 0 Å². The van der Waals surface area contributed by atoms with Gasteiger partial charge in [-0.25, -0.2) is 0 Å². The van der Waals surface area contributed by atoms with E-state index in [2.05, 4.69) is 31.4 Å². The van der Waals surface area contributed by atoms with Crippen molar-refractivity contribution in [1.82, 2.24) is 19.6 Å². The first kappa shape index (κ1) is 18.8. The molecule has 2 aromatic heterocycles. The van der Waals surface area contributed by atoms with Gasteiger partial charge in [-0.2, -0.15) is 10.2 Å². The fraction of sp³-hybridized carbons (Fsp3) is 0.235. The monoisotopic (exact) mass is 432 g/mol. The third-order valence-corrected chi connectivity index (χ3v) is 4.36. The lowest BCUT2D eigenvalue weighted by atomic mass is 10.1. The Balaban J connectivity index is 1.72. The quantitative estimate of drug-likeness (QED) is 0.454. The smallest absolute Gasteiger partial charge is 0.307 e. The number of hydrogen-bond donors (Lipinski definition) is 1. The van der Waals surface area contributed by atoms with Gasteiger partial charge in [-0.15, -0.1) is 0 Å². The van der Waals surface area contributed by atoms with Crippen LogP contribution in [-0.2, 0) is 11.3 Å². The molecule has 1 amide bonds. The number of anilines is 1. The summed E-state index contributed by atoms with van der Waals surface area (Å²) in [5, 5.41) is 21.8. The summed E-state index contributed by atoms with van der Waals surface area (Å²) in [5.74, 6) is -0.283. The van der Waals surface area contributed by atoms with Crippen molar-refractivity contribution in [2.24, 2.45) is 0 Å². The number of halogens is 1. The first-order valence-electron chi connectivity index (χ1n) is 8.22. The van der Waals surface area contributed by atoms with Crippen LogP contribution in [0.3, 0.4) is 0 Å². The molecule has 0 saturated carbocycles. The number of carbonyl (C=O) groups is 1. The maximum Gasteiger partial charge on any atom is 0.307 e. The maximum atomic E-state index is 12.6. The lowest BCUT2D eigenvalue weighted by molar-refractivity contribution is -0.385. The van der Waals surface area contributed by atoms with E-state index < -0.39 is 11.0 Å². The van der Waals surface area contributed by atoms with Crippen LogP contribution in [0.25, 0.3) is 0 Å². The van der Waals surface area contributed by atoms with Crippen molar-refractivity contribution >= 4 is 33.2 Å². The van der Waals surface area contributed by atoms with Crippen molar-refractivity contribution < 1.29 is 9.72 Å². The third-order valence-electron chi connectivity index (χ3n) is 3.95. The number of nitrogens with zero attached hydrogens (tertiary/aromatic N) is 5. The maximum absolute atomic E-state index is 12.6. The van der Waals surface area contributed by atoms with Gasteiger partial charge in [0.2, 0.25) is 5.91 Å². The molecular weight excluding hydrogens is 416 g/mol. The molecular formula is C17H17BrN6O3. The summed E-state index contributed by atoms with van der Waals surface area (Å²) in [7, 11) is 0. The molecule has 0 aliphatic carbocycles. The number of rotatable bonds is 7. The standard InChI is InChI=1S/C17H17BrN6O3/c1-2-16(23-11-15(8-20-23)24(26)27)17(25)21-14-5-3-4-12(6-14)9-22-10-13(18)7-19-22/h3-8,10-11,16H,2,9H2,1H3,(H,21,25). The largest absolute Gasteiger partial charge is 0.324 e. The molecule has 10 heteroatoms. The van der Waals surface area contributed by atoms with Crippen molar-refractivity contribution in [2.45, 2.75) is 25.9 Å². The number of amides is 1. The molecule has 2 heterocycles. The molecule has 0 aliphatic heterocycles. The summed E-state index contributed by atoms with van der Waals surface area (Å²) in [6, 6.07) is 6.82. The average Bonchev–Trinajstić information content (AvgIpc) is 3.25. The highest BCUT2D eigenvalue weighted by Crippen LogP contribution is 2.19. The zero-order valence-corrected chi connectivity index (χ0v) is 16.0. The number of nitrogens with one attached hydrogen (secondary N) is 1. The summed E-state index contributed by atoms with van der Waals surface area (Å²) in [4.78, 5) is 22.9. The van der Waals surface area contributed by atoms with Crippen LogP contribution >= 0.6 is 15.9 Å². The summed E-state index contributed by atoms with van der Waals surface area (Å²) in [5.41, 5.74) is 1.48. The van der Waals surface area contributed by atoms with E-state index in [1.165, 1.54) is 10.9 Å². The molecule has 0 spiro atoms. The van der Waals surface area contributed by atoms with E-state index in [1.54, 1.807) is 16.9 Å². The highest BCUT2D eigenvalue weighted by atomic mass is 79.9. The van der Waals surface area contributed by atoms with Crippen molar-refractivity contribution in [2.75, 3.05) is 5.32 Å². The average molecular weight is 433 g/mol. The fourth-order valence-corrected chi connectivity index (χ4v) is 3.00. The zero-order chi connectivity index (χ0) is 19.4. The molecule has 140 valence electrons. The van der Waals surface area contributed by atoms with Crippen LogP contribution in [-0.4, -0.2) is 30.4 Å². The summed E-state index contributed by atoms with van der Waals surface area (Å²) >= 11 is 3.36. The van der Waals surface area contributed by atoms with Crippen LogP contribution < -0.4 is 5.32 Å². The van der Waals surface area contributed by atoms with Crippen molar-refractivity contribution in [1.29, 1.82) is 0 Å². The zero-order valence-electron chi connectivity index (χ0n) is 14.4. The number of benzene rings is 1. The van der Waals surface area contributed by atoms with E-state index in [-0.39, 0.29) is 11.6 Å². The Bertz CT molecular complexity index is 967. The highest BCUT2D eigenvalue weighted by molar-refractivity contribution is 9.10. The van der Waals surface area contributed by atoms with Gasteiger partial charge in [0.25, 0.3) is 0 Å². The van der Waals surface area contributed by atoms with Crippen molar-refractivity contribution in [3.05, 3.63) is 69.2 Å². The van der Waals surface area contributed by atoms with Gasteiger partial charge < -0.3 is 5.32 Å². The number of carbonyl (C=O) groups excluding carboxylic acids is 1. The van der Waals surface area contributed by atoms with E-state index in [9.17, 15) is 14.9 Å². The Labute approximate surface area is 163 Å². The molecule has 0 aliphatic rings. The first-order chi connectivity index (χ1) is 13.0. The van der Waals surface area contributed by atoms with Gasteiger partial charge in [-0.3, -0.25) is 24.3 Å². The van der Waals surface area contributed by atoms with Crippen LogP contribution in [0.5, 0.6) is 0 Å². The molecule has 1 unspecified atom stereocenters. The second-order valence-electron chi connectivity index (χ2n) is 5.91. The predicted octanol–water partition coefficient (Wildman–Crippen LogP) is 3.39. The lowest BCUT2D eigenvalue weighted by Crippen LogP contribution is -2.26. The minimum atomic E-state index is -0.635. The Kier molecular flexibility index (Phi) is 5.65. The minimum absolute atomic E-state index is 0.145. The molecule has 3 aromatic rings. The van der Waals surface area contributed by atoms with Crippen LogP contribution in [0.4, 0.5) is 11.4 Å². The van der Waals surface area contributed by atoms with Crippen LogP contribution in [0.15, 0.2) is 53.5 Å². The van der Waals surface area contributed by atoms with Gasteiger partial charge >= 0.3 is 5.69 Å². The van der Waals surface area contributed by atoms with Gasteiger partial charge in [-0.1, -0.05) is 19.1 Å². The van der Waals surface area contributed by atoms with E-state index in [1.807, 2.05) is 31.3 Å². The van der Waals surface area contributed by atoms with Crippen LogP contribution in [0.1, 0.15) is 24.9 Å². The second kappa shape index (κ2) is 8.12. The van der Waals surface area contributed by atoms with E-state index >= 15 is 0 Å². The van der Waals surface area contributed by atoms with Crippen molar-refractivity contribution in [3.63, 3.8) is 0 Å². The highest BCUT2D eigenvalue weighted by Gasteiger charge is 2.22. The first-order valence-corrected chi connectivity index (χ1v) is 9.02. The van der Waals surface area contributed by atoms with Crippen molar-refractivity contribution in [3.8, 4) is 0 Å². The van der Waals surface area contributed by atoms with Gasteiger partial charge in [-0.05, 0) is 40.0 Å². The topological polar surface area (TPSA) is 108 Å². The molecule has 0 fully saturated rings. The van der Waals surface area contributed by atoms with E-state index in [0.29, 0.717) is 18.7 Å². The molecule has 0 bridgehead atoms. The predicted molar refractivity (Wildman–Crippen MR) is 102 cm³/mol. The minimum Gasteiger partial charge on any atom is -0.324 e. The Morgan fingerprint density at radius 1 is 1.33 bits per heavy atom. The molecule has 9 nitrogen and oxygen atoms in total. The molecule has 0 saturated heterocycles. The van der Waals surface area contributed by atoms with Crippen LogP contribution in [0, 0.1) is 10.1 Å². The molecule has 3 rings (SSSR count). The number of hydrogen-bond acceptors (Lipinski definition) is 5. The molecule has 27 heavy (non-hydrogen) atoms. The molecule has 1 aromatic carbocycles. The van der Waals surface area contributed by atoms with E-state index in [0.717, 1.165) is 16.2 Å². The summed E-state index contributed by atoms with van der Waals surface area (Å²) < 4.78 is 3.99. The summed E-state index contributed by atoms with van der Waals surface area (Å²) in [6.07, 6.45) is 6.42. The molecule has 1 N–H and O–H groups in total. The summed E-state index contributed by atoms with van der Waals surface area (Å²) in [6.45, 7) is 2.39. The Hall–Kier alpha value is -3.01. The van der Waals surface area contributed by atoms with Gasteiger partial charge in [0.1, 0.15) is 18.4 Å². The van der Waals surface area contributed by atoms with Gasteiger partial charge in [0.15, 0.2) is 0 Å². The normalized spacial score (nSPS) is 11.9. The SMILES string of the molecule is CCC(C(=O)Nc1cccc(Cn2cc(Br)cn2)c1)n1cc([N+](=O)[O-])cn1. The Morgan fingerprint density at radius 3 is 2.78 bits per heavy atom. The lowest BCUT2D eigenvalue weighted by Gasteiger charge is -2.15. The number of aromatic nitrogens is 4. The molecule has 0 radical (unpaired) electrons. The second-order valence-corrected chi connectivity index (χ2v) is 6.82. The third kappa shape index (κ3) is 4.59. The van der Waals surface area contributed by atoms with Crippen LogP contribution in [0.2, 0.25) is 0 Å². The number of nitro groups is 1. The molecule has 1 atom stereocenters. The Morgan fingerprint density at radius 2 is 2.15 bits per heavy atom. The fourth-order valence-electron chi connectivity index (χ4n) is 2.67.